The number of ether oxygens (including phenoxy) is 2. The summed E-state index contributed by atoms with van der Waals surface area (Å²) in [6.45, 7) is 1.93. The van der Waals surface area contributed by atoms with Crippen molar-refractivity contribution in [2.24, 2.45) is 0 Å². The van der Waals surface area contributed by atoms with E-state index in [-0.39, 0.29) is 6.61 Å². The number of hydrogen-bond acceptors (Lipinski definition) is 6. The van der Waals surface area contributed by atoms with Crippen molar-refractivity contribution in [1.82, 2.24) is 0 Å². The van der Waals surface area contributed by atoms with Gasteiger partial charge in [-0.2, -0.15) is 0 Å². The maximum absolute atomic E-state index is 9.95. The minimum absolute atomic E-state index is 0.0912. The normalized spacial score (nSPS) is 22.3. The van der Waals surface area contributed by atoms with Gasteiger partial charge < -0.3 is 24.8 Å². The van der Waals surface area contributed by atoms with Crippen molar-refractivity contribution in [3.8, 4) is 0 Å². The molecule has 1 fully saturated rings. The van der Waals surface area contributed by atoms with Gasteiger partial charge in [-0.05, 0) is 18.6 Å². The Kier molecular flexibility index (Phi) is 17.0. The largest absolute Gasteiger partial charge is 0.478 e. The third-order valence-electron chi connectivity index (χ3n) is 5.98. The zero-order valence-corrected chi connectivity index (χ0v) is 19.9. The Balaban J connectivity index is 1.91. The van der Waals surface area contributed by atoms with Crippen LogP contribution in [0.2, 0.25) is 0 Å². The standard InChI is InChI=1S/C24H46O5S/c1-2-3-4-5-6-7-8-9-10-11-12-13-14-15-16-17-22(30)29-24-21(27)19-28-23(24)20(26)18-25/h20-21,23-27H,2-19H2,1H3/t20-,21+,23+,24+/m0/s1. The van der Waals surface area contributed by atoms with Crippen LogP contribution >= 0.6 is 12.2 Å². The van der Waals surface area contributed by atoms with Crippen molar-refractivity contribution in [3.63, 3.8) is 0 Å². The first-order valence-electron chi connectivity index (χ1n) is 12.4. The molecule has 0 spiro atoms. The monoisotopic (exact) mass is 446 g/mol. The van der Waals surface area contributed by atoms with Crippen molar-refractivity contribution >= 4 is 17.3 Å². The molecule has 6 heteroatoms. The minimum Gasteiger partial charge on any atom is -0.478 e. The highest BCUT2D eigenvalue weighted by atomic mass is 32.1. The zero-order chi connectivity index (χ0) is 22.0. The van der Waals surface area contributed by atoms with Gasteiger partial charge in [0.1, 0.15) is 18.3 Å². The number of aliphatic hydroxyl groups is 3. The van der Waals surface area contributed by atoms with E-state index in [1.165, 1.54) is 83.5 Å². The van der Waals surface area contributed by atoms with Gasteiger partial charge in [-0.15, -0.1) is 0 Å². The number of rotatable bonds is 19. The predicted molar refractivity (Wildman–Crippen MR) is 126 cm³/mol. The fraction of sp³-hybridized carbons (Fsp3) is 0.958. The van der Waals surface area contributed by atoms with Crippen LogP contribution in [0, 0.1) is 0 Å². The lowest BCUT2D eigenvalue weighted by Gasteiger charge is -2.24. The topological polar surface area (TPSA) is 79.2 Å². The molecular formula is C24H46O5S. The van der Waals surface area contributed by atoms with Gasteiger partial charge in [-0.3, -0.25) is 0 Å². The summed E-state index contributed by atoms with van der Waals surface area (Å²) in [6.07, 6.45) is 17.2. The average Bonchev–Trinajstić information content (AvgIpc) is 3.10. The maximum Gasteiger partial charge on any atom is 0.160 e. The second-order valence-electron chi connectivity index (χ2n) is 8.77. The first-order valence-corrected chi connectivity index (χ1v) is 12.8. The molecule has 178 valence electrons. The lowest BCUT2D eigenvalue weighted by molar-refractivity contribution is -0.0642. The van der Waals surface area contributed by atoms with Crippen molar-refractivity contribution in [2.45, 2.75) is 134 Å². The van der Waals surface area contributed by atoms with Crippen molar-refractivity contribution < 1.29 is 24.8 Å². The van der Waals surface area contributed by atoms with Crippen LogP contribution in [-0.4, -0.2) is 58.0 Å². The highest BCUT2D eigenvalue weighted by Gasteiger charge is 2.42. The quantitative estimate of drug-likeness (QED) is 0.190. The summed E-state index contributed by atoms with van der Waals surface area (Å²) in [5.41, 5.74) is 0. The molecule has 0 saturated carbocycles. The molecule has 1 rings (SSSR count). The summed E-state index contributed by atoms with van der Waals surface area (Å²) >= 11 is 5.29. The van der Waals surface area contributed by atoms with Gasteiger partial charge in [0.05, 0.1) is 13.2 Å². The van der Waals surface area contributed by atoms with E-state index in [4.69, 9.17) is 26.8 Å². The third kappa shape index (κ3) is 12.6. The molecule has 1 aliphatic rings. The minimum atomic E-state index is -1.07. The van der Waals surface area contributed by atoms with E-state index in [0.29, 0.717) is 11.5 Å². The number of hydrogen-bond donors (Lipinski definition) is 3. The van der Waals surface area contributed by atoms with Crippen LogP contribution in [0.4, 0.5) is 0 Å². The predicted octanol–water partition coefficient (Wildman–Crippen LogP) is 5.07. The first-order chi connectivity index (χ1) is 14.6. The Bertz CT molecular complexity index is 420. The fourth-order valence-corrected chi connectivity index (χ4v) is 4.30. The zero-order valence-electron chi connectivity index (χ0n) is 19.1. The van der Waals surface area contributed by atoms with Crippen molar-refractivity contribution in [3.05, 3.63) is 0 Å². The highest BCUT2D eigenvalue weighted by Crippen LogP contribution is 2.22. The van der Waals surface area contributed by atoms with Gasteiger partial charge in [0.15, 0.2) is 11.2 Å². The van der Waals surface area contributed by atoms with E-state index in [2.05, 4.69) is 6.92 Å². The Morgan fingerprint density at radius 3 is 1.83 bits per heavy atom. The Morgan fingerprint density at radius 2 is 1.37 bits per heavy atom. The SMILES string of the molecule is CCCCCCCCCCCCCCCCCC(=S)O[C@H]1[C@@H]([C@@H](O)CO)OC[C@H]1O. The van der Waals surface area contributed by atoms with E-state index < -0.39 is 31.0 Å². The first kappa shape index (κ1) is 27.8. The molecule has 0 unspecified atom stereocenters. The van der Waals surface area contributed by atoms with Crippen molar-refractivity contribution in [1.29, 1.82) is 0 Å². The van der Waals surface area contributed by atoms with Crippen LogP contribution in [0.5, 0.6) is 0 Å². The van der Waals surface area contributed by atoms with Crippen LogP contribution in [0.1, 0.15) is 110 Å². The smallest absolute Gasteiger partial charge is 0.160 e. The molecule has 0 aromatic rings. The maximum atomic E-state index is 9.95. The van der Waals surface area contributed by atoms with Crippen LogP contribution in [0.3, 0.4) is 0 Å². The second kappa shape index (κ2) is 18.3. The molecule has 1 heterocycles. The summed E-state index contributed by atoms with van der Waals surface area (Å²) < 4.78 is 11.0. The van der Waals surface area contributed by atoms with E-state index in [9.17, 15) is 10.2 Å². The Labute approximate surface area is 189 Å². The summed E-state index contributed by atoms with van der Waals surface area (Å²) in [6, 6.07) is 0. The van der Waals surface area contributed by atoms with Crippen LogP contribution in [-0.2, 0) is 9.47 Å². The van der Waals surface area contributed by atoms with Crippen LogP contribution in [0.15, 0.2) is 0 Å². The highest BCUT2D eigenvalue weighted by molar-refractivity contribution is 7.80. The summed E-state index contributed by atoms with van der Waals surface area (Å²) in [5.74, 6) is 0. The van der Waals surface area contributed by atoms with Gasteiger partial charge in [-0.1, -0.05) is 96.8 Å². The second-order valence-corrected chi connectivity index (χ2v) is 9.22. The van der Waals surface area contributed by atoms with E-state index in [1.807, 2.05) is 0 Å². The Hall–Kier alpha value is -0.270. The molecule has 0 radical (unpaired) electrons. The molecular weight excluding hydrogens is 400 g/mol. The van der Waals surface area contributed by atoms with Crippen LogP contribution < -0.4 is 0 Å². The molecule has 1 aliphatic heterocycles. The molecule has 5 nitrogen and oxygen atoms in total. The lowest BCUT2D eigenvalue weighted by atomic mass is 10.0. The van der Waals surface area contributed by atoms with Crippen LogP contribution in [0.25, 0.3) is 0 Å². The number of aliphatic hydroxyl groups excluding tert-OH is 3. The van der Waals surface area contributed by atoms with Crippen molar-refractivity contribution in [2.75, 3.05) is 13.2 Å². The van der Waals surface area contributed by atoms with Gasteiger partial charge in [-0.25, -0.2) is 0 Å². The van der Waals surface area contributed by atoms with Gasteiger partial charge in [0.25, 0.3) is 0 Å². The molecule has 0 amide bonds. The molecule has 30 heavy (non-hydrogen) atoms. The number of thiocarbonyl (C=S) groups is 1. The Morgan fingerprint density at radius 1 is 0.900 bits per heavy atom. The molecule has 0 aromatic heterocycles. The van der Waals surface area contributed by atoms with E-state index in [1.54, 1.807) is 0 Å². The molecule has 0 aliphatic carbocycles. The molecule has 0 bridgehead atoms. The molecule has 3 N–H and O–H groups in total. The van der Waals surface area contributed by atoms with Gasteiger partial charge in [0, 0.05) is 6.42 Å². The summed E-state index contributed by atoms with van der Waals surface area (Å²) in [5, 5.41) is 29.3. The average molecular weight is 447 g/mol. The van der Waals surface area contributed by atoms with E-state index >= 15 is 0 Å². The molecule has 4 atom stereocenters. The molecule has 0 aromatic carbocycles. The molecule has 1 saturated heterocycles. The third-order valence-corrected chi connectivity index (χ3v) is 6.28. The number of unbranched alkanes of at least 4 members (excludes halogenated alkanes) is 14. The van der Waals surface area contributed by atoms with E-state index in [0.717, 1.165) is 12.8 Å². The fourth-order valence-electron chi connectivity index (χ4n) is 4.05. The van der Waals surface area contributed by atoms with Gasteiger partial charge >= 0.3 is 0 Å². The summed E-state index contributed by atoms with van der Waals surface area (Å²) in [4.78, 5) is 0. The van der Waals surface area contributed by atoms with Gasteiger partial charge in [0.2, 0.25) is 0 Å². The lowest BCUT2D eigenvalue weighted by Crippen LogP contribution is -2.43. The summed E-state index contributed by atoms with van der Waals surface area (Å²) in [7, 11) is 0.